The van der Waals surface area contributed by atoms with E-state index in [0.29, 0.717) is 5.65 Å². The van der Waals surface area contributed by atoms with Crippen molar-refractivity contribution in [2.75, 3.05) is 0 Å². The summed E-state index contributed by atoms with van der Waals surface area (Å²) in [7, 11) is 0. The van der Waals surface area contributed by atoms with Crippen LogP contribution in [0.1, 0.15) is 5.69 Å². The van der Waals surface area contributed by atoms with Crippen LogP contribution in [0.2, 0.25) is 0 Å². The van der Waals surface area contributed by atoms with Gasteiger partial charge in [0.05, 0.1) is 5.69 Å². The Balaban J connectivity index is 2.90. The summed E-state index contributed by atoms with van der Waals surface area (Å²) in [6.07, 6.45) is 1.55. The molecule has 2 aromatic rings. The maximum atomic E-state index is 9.25. The first-order valence-electron chi connectivity index (χ1n) is 3.28. The van der Waals surface area contributed by atoms with Crippen LogP contribution in [-0.4, -0.2) is 19.7 Å². The smallest absolute Gasteiger partial charge is 0.215 e. The molecule has 0 unspecified atom stereocenters. The molecule has 2 aromatic heterocycles. The monoisotopic (exact) mass is 149 g/mol. The van der Waals surface area contributed by atoms with Crippen LogP contribution in [0.4, 0.5) is 0 Å². The van der Waals surface area contributed by atoms with Crippen LogP contribution < -0.4 is 0 Å². The maximum Gasteiger partial charge on any atom is 0.215 e. The normalized spacial score (nSPS) is 10.6. The van der Waals surface area contributed by atoms with E-state index in [9.17, 15) is 5.11 Å². The van der Waals surface area contributed by atoms with Gasteiger partial charge in [-0.1, -0.05) is 0 Å². The Labute approximate surface area is 63.1 Å². The summed E-state index contributed by atoms with van der Waals surface area (Å²) in [6, 6.07) is 3.30. The van der Waals surface area contributed by atoms with E-state index in [2.05, 4.69) is 10.1 Å². The molecule has 0 fully saturated rings. The van der Waals surface area contributed by atoms with Crippen LogP contribution in [0.25, 0.3) is 5.65 Å². The van der Waals surface area contributed by atoms with Crippen LogP contribution in [0.5, 0.6) is 5.88 Å². The lowest BCUT2D eigenvalue weighted by molar-refractivity contribution is 0.435. The standard InChI is InChI=1S/C7H7N3O/c1-5-4-6-8-3-2-7(11)10(6)9-5/h2-4,11H,1H3. The van der Waals surface area contributed by atoms with Crippen molar-refractivity contribution in [1.29, 1.82) is 0 Å². The Kier molecular flexibility index (Phi) is 1.09. The van der Waals surface area contributed by atoms with Gasteiger partial charge in [-0.25, -0.2) is 4.98 Å². The Morgan fingerprint density at radius 2 is 2.36 bits per heavy atom. The molecule has 56 valence electrons. The zero-order valence-electron chi connectivity index (χ0n) is 6.02. The van der Waals surface area contributed by atoms with Gasteiger partial charge in [0.25, 0.3) is 0 Å². The average Bonchev–Trinajstić information content (AvgIpc) is 2.31. The van der Waals surface area contributed by atoms with Gasteiger partial charge < -0.3 is 5.11 Å². The molecule has 0 spiro atoms. The van der Waals surface area contributed by atoms with Crippen LogP contribution in [-0.2, 0) is 0 Å². The Morgan fingerprint density at radius 1 is 1.55 bits per heavy atom. The predicted molar refractivity (Wildman–Crippen MR) is 39.4 cm³/mol. The summed E-state index contributed by atoms with van der Waals surface area (Å²) >= 11 is 0. The number of aromatic hydroxyl groups is 1. The molecule has 4 heteroatoms. The third kappa shape index (κ3) is 0.832. The third-order valence-electron chi connectivity index (χ3n) is 1.46. The van der Waals surface area contributed by atoms with Crippen molar-refractivity contribution in [1.82, 2.24) is 14.6 Å². The summed E-state index contributed by atoms with van der Waals surface area (Å²) in [4.78, 5) is 4.00. The molecule has 0 bridgehead atoms. The summed E-state index contributed by atoms with van der Waals surface area (Å²) in [5.74, 6) is 0.114. The first kappa shape index (κ1) is 6.15. The molecule has 0 saturated heterocycles. The van der Waals surface area contributed by atoms with E-state index in [4.69, 9.17) is 0 Å². The zero-order valence-corrected chi connectivity index (χ0v) is 6.02. The molecule has 4 nitrogen and oxygen atoms in total. The van der Waals surface area contributed by atoms with Gasteiger partial charge in [0, 0.05) is 18.3 Å². The minimum Gasteiger partial charge on any atom is -0.493 e. The van der Waals surface area contributed by atoms with Gasteiger partial charge in [-0.05, 0) is 6.92 Å². The SMILES string of the molecule is Cc1cc2nccc(O)n2n1. The molecule has 0 radical (unpaired) electrons. The zero-order chi connectivity index (χ0) is 7.84. The number of hydrogen-bond donors (Lipinski definition) is 1. The largest absolute Gasteiger partial charge is 0.493 e. The lowest BCUT2D eigenvalue weighted by Crippen LogP contribution is -1.89. The van der Waals surface area contributed by atoms with Gasteiger partial charge in [-0.3, -0.25) is 0 Å². The maximum absolute atomic E-state index is 9.25. The number of fused-ring (bicyclic) bond motifs is 1. The molecule has 0 aromatic carbocycles. The number of rotatable bonds is 0. The highest BCUT2D eigenvalue weighted by Gasteiger charge is 2.00. The van der Waals surface area contributed by atoms with Crippen molar-refractivity contribution >= 4 is 5.65 Å². The number of aryl methyl sites for hydroxylation is 1. The quantitative estimate of drug-likeness (QED) is 0.601. The van der Waals surface area contributed by atoms with Crippen molar-refractivity contribution in [2.24, 2.45) is 0 Å². The molecular formula is C7H7N3O. The second kappa shape index (κ2) is 1.95. The highest BCUT2D eigenvalue weighted by molar-refractivity contribution is 5.40. The lowest BCUT2D eigenvalue weighted by Gasteiger charge is -1.93. The number of nitrogens with zero attached hydrogens (tertiary/aromatic N) is 3. The summed E-state index contributed by atoms with van der Waals surface area (Å²) < 4.78 is 1.40. The van der Waals surface area contributed by atoms with Gasteiger partial charge >= 0.3 is 0 Å². The van der Waals surface area contributed by atoms with Crippen LogP contribution in [0.3, 0.4) is 0 Å². The van der Waals surface area contributed by atoms with Gasteiger partial charge in [-0.15, -0.1) is 0 Å². The molecule has 1 N–H and O–H groups in total. The van der Waals surface area contributed by atoms with Crippen molar-refractivity contribution < 1.29 is 5.11 Å². The topological polar surface area (TPSA) is 50.4 Å². The van der Waals surface area contributed by atoms with Gasteiger partial charge in [0.1, 0.15) is 0 Å². The van der Waals surface area contributed by atoms with Crippen molar-refractivity contribution in [3.63, 3.8) is 0 Å². The minimum atomic E-state index is 0.114. The molecule has 11 heavy (non-hydrogen) atoms. The van der Waals surface area contributed by atoms with Crippen molar-refractivity contribution in [2.45, 2.75) is 6.92 Å². The number of aromatic nitrogens is 3. The highest BCUT2D eigenvalue weighted by Crippen LogP contribution is 2.10. The predicted octanol–water partition coefficient (Wildman–Crippen LogP) is 0.743. The molecule has 0 saturated carbocycles. The lowest BCUT2D eigenvalue weighted by atomic mass is 10.5. The summed E-state index contributed by atoms with van der Waals surface area (Å²) in [6.45, 7) is 1.86. The van der Waals surface area contributed by atoms with Crippen molar-refractivity contribution in [3.05, 3.63) is 24.0 Å². The fourth-order valence-corrected chi connectivity index (χ4v) is 0.997. The van der Waals surface area contributed by atoms with Gasteiger partial charge in [0.15, 0.2) is 5.65 Å². The molecule has 0 aliphatic carbocycles. The van der Waals surface area contributed by atoms with Gasteiger partial charge in [-0.2, -0.15) is 9.61 Å². The molecule has 2 heterocycles. The summed E-state index contributed by atoms with van der Waals surface area (Å²) in [5.41, 5.74) is 1.52. The molecule has 0 aliphatic heterocycles. The first-order valence-corrected chi connectivity index (χ1v) is 3.28. The Bertz CT molecular complexity index is 393. The Morgan fingerprint density at radius 3 is 3.09 bits per heavy atom. The van der Waals surface area contributed by atoms with Crippen LogP contribution in [0, 0.1) is 6.92 Å². The van der Waals surface area contributed by atoms with Crippen molar-refractivity contribution in [3.8, 4) is 5.88 Å². The minimum absolute atomic E-state index is 0.114. The highest BCUT2D eigenvalue weighted by atomic mass is 16.3. The molecule has 0 amide bonds. The average molecular weight is 149 g/mol. The van der Waals surface area contributed by atoms with E-state index in [0.717, 1.165) is 5.69 Å². The van der Waals surface area contributed by atoms with E-state index >= 15 is 0 Å². The molecule has 0 atom stereocenters. The Hall–Kier alpha value is -1.58. The third-order valence-corrected chi connectivity index (χ3v) is 1.46. The number of hydrogen-bond acceptors (Lipinski definition) is 3. The second-order valence-electron chi connectivity index (χ2n) is 2.36. The second-order valence-corrected chi connectivity index (χ2v) is 2.36. The molecular weight excluding hydrogens is 142 g/mol. The summed E-state index contributed by atoms with van der Waals surface area (Å²) in [5, 5.41) is 13.3. The molecule has 2 rings (SSSR count). The van der Waals surface area contributed by atoms with Crippen LogP contribution >= 0.6 is 0 Å². The fraction of sp³-hybridized carbons (Fsp3) is 0.143. The first-order chi connectivity index (χ1) is 5.27. The van der Waals surface area contributed by atoms with Gasteiger partial charge in [0.2, 0.25) is 5.88 Å². The molecule has 0 aliphatic rings. The van der Waals surface area contributed by atoms with E-state index in [1.54, 1.807) is 12.3 Å². The van der Waals surface area contributed by atoms with E-state index in [1.807, 2.05) is 6.92 Å². The van der Waals surface area contributed by atoms with E-state index in [-0.39, 0.29) is 5.88 Å². The van der Waals surface area contributed by atoms with E-state index < -0.39 is 0 Å². The fourth-order valence-electron chi connectivity index (χ4n) is 0.997. The van der Waals surface area contributed by atoms with E-state index in [1.165, 1.54) is 10.6 Å². The van der Waals surface area contributed by atoms with Crippen LogP contribution in [0.15, 0.2) is 18.3 Å².